The molecule has 2 saturated heterocycles. The van der Waals surface area contributed by atoms with Crippen LogP contribution < -0.4 is 5.32 Å². The number of amides is 2. The van der Waals surface area contributed by atoms with Crippen molar-refractivity contribution in [2.75, 3.05) is 44.7 Å². The molecule has 2 amide bonds. The predicted molar refractivity (Wildman–Crippen MR) is 125 cm³/mol. The zero-order valence-electron chi connectivity index (χ0n) is 18.7. The highest BCUT2D eigenvalue weighted by Gasteiger charge is 2.28. The van der Waals surface area contributed by atoms with Crippen LogP contribution in [0.15, 0.2) is 47.4 Å². The van der Waals surface area contributed by atoms with Crippen LogP contribution in [0.4, 0.5) is 5.69 Å². The van der Waals surface area contributed by atoms with E-state index >= 15 is 0 Å². The zero-order chi connectivity index (χ0) is 23.4. The number of hydrogen-bond acceptors (Lipinski definition) is 5. The molecule has 2 heterocycles. The van der Waals surface area contributed by atoms with Gasteiger partial charge in [0, 0.05) is 43.0 Å². The Morgan fingerprint density at radius 3 is 2.36 bits per heavy atom. The molecule has 0 aromatic heterocycles. The van der Waals surface area contributed by atoms with Gasteiger partial charge in [0.05, 0.1) is 18.1 Å². The summed E-state index contributed by atoms with van der Waals surface area (Å²) >= 11 is 0. The molecule has 2 aliphatic heterocycles. The van der Waals surface area contributed by atoms with Crippen LogP contribution in [-0.2, 0) is 14.8 Å². The minimum absolute atomic E-state index is 0.111. The summed E-state index contributed by atoms with van der Waals surface area (Å²) in [5.41, 5.74) is 1.81. The van der Waals surface area contributed by atoms with Gasteiger partial charge in [-0.3, -0.25) is 9.59 Å². The first kappa shape index (κ1) is 23.4. The molecule has 9 heteroatoms. The minimum Gasteiger partial charge on any atom is -0.378 e. The van der Waals surface area contributed by atoms with Gasteiger partial charge in [0.25, 0.3) is 11.8 Å². The van der Waals surface area contributed by atoms with Crippen molar-refractivity contribution in [1.29, 1.82) is 0 Å². The number of nitrogens with one attached hydrogen (secondary N) is 1. The Morgan fingerprint density at radius 1 is 0.909 bits per heavy atom. The molecule has 1 N–H and O–H groups in total. The van der Waals surface area contributed by atoms with E-state index in [4.69, 9.17) is 4.74 Å². The molecule has 0 aliphatic carbocycles. The van der Waals surface area contributed by atoms with Crippen molar-refractivity contribution in [3.63, 3.8) is 0 Å². The van der Waals surface area contributed by atoms with Crippen molar-refractivity contribution in [3.05, 3.63) is 59.2 Å². The van der Waals surface area contributed by atoms with Crippen LogP contribution in [0.1, 0.15) is 45.5 Å². The van der Waals surface area contributed by atoms with E-state index in [0.29, 0.717) is 56.2 Å². The molecule has 176 valence electrons. The SMILES string of the molecule is Cc1ccc(C(=O)Nc2cccc(C(=O)N3CCOCC3)c2)cc1S(=O)(=O)N1CCCCC1. The molecule has 33 heavy (non-hydrogen) atoms. The lowest BCUT2D eigenvalue weighted by Crippen LogP contribution is -2.40. The highest BCUT2D eigenvalue weighted by atomic mass is 32.2. The number of rotatable bonds is 5. The predicted octanol–water partition coefficient (Wildman–Crippen LogP) is 2.89. The lowest BCUT2D eigenvalue weighted by atomic mass is 10.1. The molecular formula is C24H29N3O5S. The van der Waals surface area contributed by atoms with Gasteiger partial charge in [-0.25, -0.2) is 8.42 Å². The number of nitrogens with zero attached hydrogens (tertiary/aromatic N) is 2. The van der Waals surface area contributed by atoms with Gasteiger partial charge in [-0.1, -0.05) is 18.6 Å². The average molecular weight is 472 g/mol. The fourth-order valence-corrected chi connectivity index (χ4v) is 5.91. The number of benzene rings is 2. The maximum Gasteiger partial charge on any atom is 0.255 e. The van der Waals surface area contributed by atoms with Crippen LogP contribution in [-0.4, -0.2) is 68.8 Å². The first-order valence-electron chi connectivity index (χ1n) is 11.3. The molecule has 0 spiro atoms. The average Bonchev–Trinajstić information content (AvgIpc) is 2.85. The number of piperidine rings is 1. The molecule has 0 saturated carbocycles. The second kappa shape index (κ2) is 10.0. The van der Waals surface area contributed by atoms with Crippen LogP contribution in [0.2, 0.25) is 0 Å². The number of morpholine rings is 1. The summed E-state index contributed by atoms with van der Waals surface area (Å²) < 4.78 is 33.1. The quantitative estimate of drug-likeness (QED) is 0.723. The van der Waals surface area contributed by atoms with Gasteiger partial charge in [-0.05, 0) is 55.7 Å². The summed E-state index contributed by atoms with van der Waals surface area (Å²) in [6.07, 6.45) is 2.72. The van der Waals surface area contributed by atoms with Crippen molar-refractivity contribution in [2.24, 2.45) is 0 Å². The van der Waals surface area contributed by atoms with Crippen molar-refractivity contribution >= 4 is 27.5 Å². The number of hydrogen-bond donors (Lipinski definition) is 1. The van der Waals surface area contributed by atoms with Gasteiger partial charge in [0.2, 0.25) is 10.0 Å². The third-order valence-corrected chi connectivity index (χ3v) is 8.09. The Kier molecular flexibility index (Phi) is 7.11. The summed E-state index contributed by atoms with van der Waals surface area (Å²) in [5.74, 6) is -0.541. The van der Waals surface area contributed by atoms with E-state index in [2.05, 4.69) is 5.32 Å². The highest BCUT2D eigenvalue weighted by molar-refractivity contribution is 7.89. The third kappa shape index (κ3) is 5.26. The Labute approximate surface area is 194 Å². The van der Waals surface area contributed by atoms with Crippen LogP contribution in [0, 0.1) is 6.92 Å². The maximum absolute atomic E-state index is 13.2. The molecule has 2 fully saturated rings. The van der Waals surface area contributed by atoms with Gasteiger partial charge in [-0.15, -0.1) is 0 Å². The zero-order valence-corrected chi connectivity index (χ0v) is 19.6. The molecule has 0 atom stereocenters. The van der Waals surface area contributed by atoms with Crippen LogP contribution >= 0.6 is 0 Å². The molecule has 8 nitrogen and oxygen atoms in total. The number of ether oxygens (including phenoxy) is 1. The largest absolute Gasteiger partial charge is 0.378 e. The number of aryl methyl sites for hydroxylation is 1. The summed E-state index contributed by atoms with van der Waals surface area (Å²) in [7, 11) is -3.66. The molecule has 2 aromatic rings. The van der Waals surface area contributed by atoms with Crippen molar-refractivity contribution in [1.82, 2.24) is 9.21 Å². The fraction of sp³-hybridized carbons (Fsp3) is 0.417. The van der Waals surface area contributed by atoms with E-state index in [1.807, 2.05) is 0 Å². The van der Waals surface area contributed by atoms with Gasteiger partial charge >= 0.3 is 0 Å². The number of carbonyl (C=O) groups excluding carboxylic acids is 2. The molecular weight excluding hydrogens is 442 g/mol. The standard InChI is InChI=1S/C24H29N3O5S/c1-18-8-9-19(17-22(18)33(30,31)27-10-3-2-4-11-27)23(28)25-21-7-5-6-20(16-21)24(29)26-12-14-32-15-13-26/h5-9,16-17H,2-4,10-15H2,1H3,(H,25,28). The van der Waals surface area contributed by atoms with Gasteiger partial charge in [-0.2, -0.15) is 4.31 Å². The Hall–Kier alpha value is -2.75. The number of carbonyl (C=O) groups is 2. The lowest BCUT2D eigenvalue weighted by Gasteiger charge is -2.27. The summed E-state index contributed by atoms with van der Waals surface area (Å²) in [6, 6.07) is 11.5. The third-order valence-electron chi connectivity index (χ3n) is 6.05. The molecule has 0 unspecified atom stereocenters. The summed E-state index contributed by atoms with van der Waals surface area (Å²) in [6.45, 7) is 4.83. The highest BCUT2D eigenvalue weighted by Crippen LogP contribution is 2.25. The Balaban J connectivity index is 1.52. The van der Waals surface area contributed by atoms with E-state index in [-0.39, 0.29) is 16.4 Å². The Bertz CT molecular complexity index is 1140. The molecule has 0 radical (unpaired) electrons. The number of anilines is 1. The van der Waals surface area contributed by atoms with Crippen LogP contribution in [0.25, 0.3) is 0 Å². The van der Waals surface area contributed by atoms with E-state index in [1.54, 1.807) is 48.2 Å². The van der Waals surface area contributed by atoms with Crippen LogP contribution in [0.5, 0.6) is 0 Å². The van der Waals surface area contributed by atoms with Crippen LogP contribution in [0.3, 0.4) is 0 Å². The second-order valence-corrected chi connectivity index (χ2v) is 10.3. The minimum atomic E-state index is -3.66. The molecule has 2 aromatic carbocycles. The number of sulfonamides is 1. The van der Waals surface area contributed by atoms with Gasteiger partial charge in [0.15, 0.2) is 0 Å². The molecule has 4 rings (SSSR count). The summed E-state index contributed by atoms with van der Waals surface area (Å²) in [4.78, 5) is 27.6. The first-order chi connectivity index (χ1) is 15.9. The van der Waals surface area contributed by atoms with E-state index < -0.39 is 15.9 Å². The molecule has 0 bridgehead atoms. The summed E-state index contributed by atoms with van der Waals surface area (Å²) in [5, 5.41) is 2.79. The van der Waals surface area contributed by atoms with E-state index in [9.17, 15) is 18.0 Å². The van der Waals surface area contributed by atoms with Crippen molar-refractivity contribution in [3.8, 4) is 0 Å². The van der Waals surface area contributed by atoms with E-state index in [0.717, 1.165) is 19.3 Å². The topological polar surface area (TPSA) is 96.0 Å². The monoisotopic (exact) mass is 471 g/mol. The fourth-order valence-electron chi connectivity index (χ4n) is 4.15. The van der Waals surface area contributed by atoms with Crippen molar-refractivity contribution in [2.45, 2.75) is 31.1 Å². The second-order valence-electron chi connectivity index (χ2n) is 8.38. The smallest absolute Gasteiger partial charge is 0.255 e. The van der Waals surface area contributed by atoms with Crippen molar-refractivity contribution < 1.29 is 22.7 Å². The Morgan fingerprint density at radius 2 is 1.64 bits per heavy atom. The van der Waals surface area contributed by atoms with E-state index in [1.165, 1.54) is 10.4 Å². The van der Waals surface area contributed by atoms with Gasteiger partial charge in [0.1, 0.15) is 0 Å². The molecule has 2 aliphatic rings. The maximum atomic E-state index is 13.2. The first-order valence-corrected chi connectivity index (χ1v) is 12.7. The lowest BCUT2D eigenvalue weighted by molar-refractivity contribution is 0.0303. The van der Waals surface area contributed by atoms with Gasteiger partial charge < -0.3 is 15.0 Å². The normalized spacial score (nSPS) is 17.5.